The number of methoxy groups -OCH3 is 1. The van der Waals surface area contributed by atoms with E-state index < -0.39 is 23.8 Å². The molecule has 0 N–H and O–H groups in total. The van der Waals surface area contributed by atoms with Crippen LogP contribution in [0.2, 0.25) is 0 Å². The van der Waals surface area contributed by atoms with Gasteiger partial charge in [-0.05, 0) is 23.6 Å². The van der Waals surface area contributed by atoms with Gasteiger partial charge in [0.15, 0.2) is 0 Å². The van der Waals surface area contributed by atoms with E-state index in [1.807, 2.05) is 20.8 Å². The summed E-state index contributed by atoms with van der Waals surface area (Å²) in [7, 11) is 1.02. The summed E-state index contributed by atoms with van der Waals surface area (Å²) in [5.74, 6) is -0.660. The van der Waals surface area contributed by atoms with E-state index in [4.69, 9.17) is 9.47 Å². The molecule has 1 unspecified atom stereocenters. The monoisotopic (exact) mass is 344 g/mol. The fraction of sp³-hybridized carbons (Fsp3) is 0.471. The second kappa shape index (κ2) is 6.37. The van der Waals surface area contributed by atoms with Crippen LogP contribution in [0, 0.1) is 5.41 Å². The first-order valence-electron chi connectivity index (χ1n) is 7.31. The van der Waals surface area contributed by atoms with E-state index in [0.717, 1.165) is 13.2 Å². The molecule has 1 aliphatic rings. The Labute approximate surface area is 138 Å². The molecule has 1 aromatic rings. The smallest absolute Gasteiger partial charge is 0.430 e. The molecule has 0 aliphatic carbocycles. The molecular formula is C17H19F3O4. The third-order valence-corrected chi connectivity index (χ3v) is 3.21. The highest BCUT2D eigenvalue weighted by molar-refractivity contribution is 5.96. The SMILES string of the molecule is COC(=O)C1=Cc2ccc(OCC(C)(C)C)cc2OC1C(F)(F)F. The Bertz CT molecular complexity index is 657. The zero-order valence-electron chi connectivity index (χ0n) is 13.9. The Morgan fingerprint density at radius 3 is 2.46 bits per heavy atom. The molecule has 0 bridgehead atoms. The number of hydrogen-bond acceptors (Lipinski definition) is 4. The van der Waals surface area contributed by atoms with Gasteiger partial charge >= 0.3 is 12.1 Å². The number of halogens is 3. The van der Waals surface area contributed by atoms with E-state index in [-0.39, 0.29) is 11.2 Å². The Morgan fingerprint density at radius 1 is 1.25 bits per heavy atom. The van der Waals surface area contributed by atoms with Gasteiger partial charge in [0.25, 0.3) is 0 Å². The molecule has 2 rings (SSSR count). The molecule has 0 fully saturated rings. The summed E-state index contributed by atoms with van der Waals surface area (Å²) in [5.41, 5.74) is -0.316. The van der Waals surface area contributed by atoms with Crippen LogP contribution >= 0.6 is 0 Å². The van der Waals surface area contributed by atoms with Crippen molar-refractivity contribution >= 4 is 12.0 Å². The standard InChI is InChI=1S/C17H19F3O4/c1-16(2,3)9-23-11-6-5-10-7-12(15(21)22-4)14(17(18,19)20)24-13(10)8-11/h5-8,14H,9H2,1-4H3. The van der Waals surface area contributed by atoms with Crippen LogP contribution in [0.3, 0.4) is 0 Å². The number of benzene rings is 1. The average molecular weight is 344 g/mol. The zero-order valence-corrected chi connectivity index (χ0v) is 13.9. The van der Waals surface area contributed by atoms with Gasteiger partial charge in [-0.25, -0.2) is 4.79 Å². The zero-order chi connectivity index (χ0) is 18.1. The van der Waals surface area contributed by atoms with Gasteiger partial charge in [0.05, 0.1) is 19.3 Å². The van der Waals surface area contributed by atoms with Crippen molar-refractivity contribution in [2.75, 3.05) is 13.7 Å². The van der Waals surface area contributed by atoms with Crippen molar-refractivity contribution in [2.24, 2.45) is 5.41 Å². The summed E-state index contributed by atoms with van der Waals surface area (Å²) in [6.45, 7) is 6.34. The predicted octanol–water partition coefficient (Wildman–Crippen LogP) is 3.99. The van der Waals surface area contributed by atoms with Crippen molar-refractivity contribution in [3.8, 4) is 11.5 Å². The van der Waals surface area contributed by atoms with Crippen LogP contribution in [-0.2, 0) is 9.53 Å². The van der Waals surface area contributed by atoms with E-state index >= 15 is 0 Å². The highest BCUT2D eigenvalue weighted by Crippen LogP contribution is 2.39. The maximum Gasteiger partial charge on any atom is 0.430 e. The van der Waals surface area contributed by atoms with Crippen molar-refractivity contribution in [2.45, 2.75) is 33.1 Å². The molecule has 0 amide bonds. The normalized spacial score (nSPS) is 17.5. The number of rotatable bonds is 3. The lowest BCUT2D eigenvalue weighted by molar-refractivity contribution is -0.187. The van der Waals surface area contributed by atoms with Gasteiger partial charge in [0.1, 0.15) is 11.5 Å². The molecule has 0 radical (unpaired) electrons. The predicted molar refractivity (Wildman–Crippen MR) is 81.9 cm³/mol. The molecule has 132 valence electrons. The van der Waals surface area contributed by atoms with Crippen molar-refractivity contribution in [1.29, 1.82) is 0 Å². The van der Waals surface area contributed by atoms with Crippen molar-refractivity contribution < 1.29 is 32.2 Å². The molecule has 1 heterocycles. The lowest BCUT2D eigenvalue weighted by Crippen LogP contribution is -2.40. The van der Waals surface area contributed by atoms with Gasteiger partial charge in [0, 0.05) is 11.6 Å². The first-order valence-corrected chi connectivity index (χ1v) is 7.31. The summed E-state index contributed by atoms with van der Waals surface area (Å²) in [5, 5.41) is 0. The Hall–Kier alpha value is -2.18. The van der Waals surface area contributed by atoms with Crippen molar-refractivity contribution in [3.63, 3.8) is 0 Å². The highest BCUT2D eigenvalue weighted by Gasteiger charge is 2.48. The van der Waals surface area contributed by atoms with Crippen LogP contribution in [0.15, 0.2) is 23.8 Å². The number of hydrogen-bond donors (Lipinski definition) is 0. The Morgan fingerprint density at radius 2 is 1.92 bits per heavy atom. The molecule has 24 heavy (non-hydrogen) atoms. The number of ether oxygens (including phenoxy) is 3. The summed E-state index contributed by atoms with van der Waals surface area (Å²) >= 11 is 0. The molecule has 0 spiro atoms. The van der Waals surface area contributed by atoms with Gasteiger partial charge in [-0.1, -0.05) is 20.8 Å². The first kappa shape index (κ1) is 18.2. The Kier molecular flexibility index (Phi) is 4.82. The van der Waals surface area contributed by atoms with Gasteiger partial charge in [-0.2, -0.15) is 13.2 Å². The van der Waals surface area contributed by atoms with Crippen LogP contribution in [0.25, 0.3) is 6.08 Å². The van der Waals surface area contributed by atoms with E-state index in [1.165, 1.54) is 6.07 Å². The minimum absolute atomic E-state index is 0.0105. The summed E-state index contributed by atoms with van der Waals surface area (Å²) in [6, 6.07) is 4.56. The molecule has 1 aliphatic heterocycles. The van der Waals surface area contributed by atoms with E-state index in [9.17, 15) is 18.0 Å². The fourth-order valence-electron chi connectivity index (χ4n) is 2.09. The largest absolute Gasteiger partial charge is 0.493 e. The maximum absolute atomic E-state index is 13.2. The molecule has 0 aromatic heterocycles. The fourth-order valence-corrected chi connectivity index (χ4v) is 2.09. The third kappa shape index (κ3) is 4.21. The molecule has 0 saturated carbocycles. The Balaban J connectivity index is 2.34. The minimum Gasteiger partial charge on any atom is -0.493 e. The topological polar surface area (TPSA) is 44.8 Å². The molecule has 1 atom stereocenters. The van der Waals surface area contributed by atoms with Crippen LogP contribution in [0.4, 0.5) is 13.2 Å². The molecule has 0 saturated heterocycles. The quantitative estimate of drug-likeness (QED) is 0.778. The van der Waals surface area contributed by atoms with Crippen LogP contribution < -0.4 is 9.47 Å². The first-order chi connectivity index (χ1) is 11.0. The van der Waals surface area contributed by atoms with Crippen molar-refractivity contribution in [1.82, 2.24) is 0 Å². The molecule has 4 nitrogen and oxygen atoms in total. The molecule has 7 heteroatoms. The number of esters is 1. The summed E-state index contributed by atoms with van der Waals surface area (Å²) in [6.07, 6.45) is -5.97. The molecular weight excluding hydrogens is 325 g/mol. The molecule has 1 aromatic carbocycles. The third-order valence-electron chi connectivity index (χ3n) is 3.21. The lowest BCUT2D eigenvalue weighted by atomic mass is 9.98. The number of carbonyl (C=O) groups is 1. The number of alkyl halides is 3. The van der Waals surface area contributed by atoms with E-state index in [0.29, 0.717) is 17.9 Å². The van der Waals surface area contributed by atoms with Crippen LogP contribution in [0.5, 0.6) is 11.5 Å². The van der Waals surface area contributed by atoms with Gasteiger partial charge < -0.3 is 14.2 Å². The number of carbonyl (C=O) groups excluding carboxylic acids is 1. The van der Waals surface area contributed by atoms with Gasteiger partial charge in [0.2, 0.25) is 6.10 Å². The highest BCUT2D eigenvalue weighted by atomic mass is 19.4. The van der Waals surface area contributed by atoms with Gasteiger partial charge in [-0.3, -0.25) is 0 Å². The average Bonchev–Trinajstić information content (AvgIpc) is 2.49. The van der Waals surface area contributed by atoms with Crippen LogP contribution in [-0.4, -0.2) is 32.0 Å². The van der Waals surface area contributed by atoms with E-state index in [1.54, 1.807) is 12.1 Å². The summed E-state index contributed by atoms with van der Waals surface area (Å²) in [4.78, 5) is 11.6. The summed E-state index contributed by atoms with van der Waals surface area (Å²) < 4.78 is 54.6. The van der Waals surface area contributed by atoms with E-state index in [2.05, 4.69) is 4.74 Å². The second-order valence-electron chi connectivity index (χ2n) is 6.68. The number of fused-ring (bicyclic) bond motifs is 1. The second-order valence-corrected chi connectivity index (χ2v) is 6.68. The lowest BCUT2D eigenvalue weighted by Gasteiger charge is -2.28. The van der Waals surface area contributed by atoms with Crippen molar-refractivity contribution in [3.05, 3.63) is 29.3 Å². The minimum atomic E-state index is -4.74. The van der Waals surface area contributed by atoms with Crippen LogP contribution in [0.1, 0.15) is 26.3 Å². The van der Waals surface area contributed by atoms with Gasteiger partial charge in [-0.15, -0.1) is 0 Å². The maximum atomic E-state index is 13.2.